The molecule has 2 aliphatic rings. The van der Waals surface area contributed by atoms with Gasteiger partial charge in [0.25, 0.3) is 5.91 Å². The number of nitrogens with zero attached hydrogens (tertiary/aromatic N) is 2. The second kappa shape index (κ2) is 8.82. The Bertz CT molecular complexity index is 1570. The molecule has 0 bridgehead atoms. The van der Waals surface area contributed by atoms with Crippen LogP contribution >= 0.6 is 23.2 Å². The Morgan fingerprint density at radius 1 is 1.05 bits per heavy atom. The van der Waals surface area contributed by atoms with Crippen molar-refractivity contribution in [3.63, 3.8) is 0 Å². The van der Waals surface area contributed by atoms with Crippen LogP contribution in [0.1, 0.15) is 35.2 Å². The van der Waals surface area contributed by atoms with Crippen molar-refractivity contribution >= 4 is 45.9 Å². The van der Waals surface area contributed by atoms with Gasteiger partial charge in [-0.25, -0.2) is 0 Å². The highest BCUT2D eigenvalue weighted by atomic mass is 35.5. The number of H-pyrrole nitrogens is 1. The van der Waals surface area contributed by atoms with E-state index in [4.69, 9.17) is 27.9 Å². The second-order valence-electron chi connectivity index (χ2n) is 9.73. The molecule has 2 aliphatic heterocycles. The first-order chi connectivity index (χ1) is 17.8. The minimum absolute atomic E-state index is 0.0262. The molecule has 8 heteroatoms. The smallest absolute Gasteiger partial charge is 0.255 e. The second-order valence-corrected chi connectivity index (χ2v) is 10.6. The highest BCUT2D eigenvalue weighted by Crippen LogP contribution is 2.49. The highest BCUT2D eigenvalue weighted by Gasteiger charge is 2.56. The van der Waals surface area contributed by atoms with Crippen molar-refractivity contribution in [2.45, 2.75) is 24.9 Å². The Kier molecular flexibility index (Phi) is 5.70. The Morgan fingerprint density at radius 2 is 1.81 bits per heavy atom. The summed E-state index contributed by atoms with van der Waals surface area (Å²) in [6.07, 6.45) is 0. The molecule has 2 amide bonds. The van der Waals surface area contributed by atoms with Gasteiger partial charge in [-0.3, -0.25) is 9.59 Å². The predicted octanol–water partition coefficient (Wildman–Crippen LogP) is 5.72. The van der Waals surface area contributed by atoms with Gasteiger partial charge < -0.3 is 19.5 Å². The zero-order chi connectivity index (χ0) is 25.9. The van der Waals surface area contributed by atoms with Gasteiger partial charge in [0.15, 0.2) is 5.54 Å². The highest BCUT2D eigenvalue weighted by molar-refractivity contribution is 6.35. The van der Waals surface area contributed by atoms with Crippen LogP contribution in [0.2, 0.25) is 10.0 Å². The molecule has 6 rings (SSSR count). The Hall–Kier alpha value is -3.48. The SMILES string of the molecule is COc1ccccc1[C@@H]1CN2C(=O)CN(Cc3ccc(Cl)cc3Cl)C(=O)[C@]2(C)c2[nH]c3ccccc3c21. The summed E-state index contributed by atoms with van der Waals surface area (Å²) in [5.41, 5.74) is 3.21. The monoisotopic (exact) mass is 533 g/mol. The van der Waals surface area contributed by atoms with Gasteiger partial charge in [0.05, 0.1) is 12.8 Å². The van der Waals surface area contributed by atoms with E-state index in [1.54, 1.807) is 35.1 Å². The molecule has 0 spiro atoms. The van der Waals surface area contributed by atoms with Crippen molar-refractivity contribution in [3.8, 4) is 5.75 Å². The van der Waals surface area contributed by atoms with Crippen molar-refractivity contribution in [2.24, 2.45) is 0 Å². The number of rotatable bonds is 4. The number of fused-ring (bicyclic) bond motifs is 5. The summed E-state index contributed by atoms with van der Waals surface area (Å²) in [5, 5.41) is 2.02. The zero-order valence-electron chi connectivity index (χ0n) is 20.4. The molecule has 37 heavy (non-hydrogen) atoms. The van der Waals surface area contributed by atoms with Crippen molar-refractivity contribution in [3.05, 3.63) is 99.2 Å². The van der Waals surface area contributed by atoms with E-state index in [2.05, 4.69) is 11.1 Å². The van der Waals surface area contributed by atoms with E-state index >= 15 is 0 Å². The van der Waals surface area contributed by atoms with E-state index in [9.17, 15) is 9.59 Å². The maximum absolute atomic E-state index is 14.2. The Labute approximate surface area is 224 Å². The lowest BCUT2D eigenvalue weighted by Crippen LogP contribution is -2.67. The van der Waals surface area contributed by atoms with Crippen LogP contribution < -0.4 is 4.74 Å². The van der Waals surface area contributed by atoms with Crippen LogP contribution in [0.25, 0.3) is 10.9 Å². The number of ether oxygens (including phenoxy) is 1. The fourth-order valence-corrected chi connectivity index (χ4v) is 6.36. The van der Waals surface area contributed by atoms with E-state index in [0.29, 0.717) is 16.6 Å². The number of nitrogens with one attached hydrogen (secondary N) is 1. The number of hydrogen-bond acceptors (Lipinski definition) is 3. The van der Waals surface area contributed by atoms with Gasteiger partial charge >= 0.3 is 0 Å². The van der Waals surface area contributed by atoms with Crippen LogP contribution in [-0.2, 0) is 21.7 Å². The first-order valence-electron chi connectivity index (χ1n) is 12.1. The number of aromatic amines is 1. The van der Waals surface area contributed by atoms with Crippen molar-refractivity contribution in [1.82, 2.24) is 14.8 Å². The molecule has 0 aliphatic carbocycles. The van der Waals surface area contributed by atoms with Crippen LogP contribution in [0.15, 0.2) is 66.7 Å². The standard InChI is InChI=1S/C29H25Cl2N3O3/c1-29-27-26(20-8-3-5-9-23(20)32-27)21(19-7-4-6-10-24(19)37-2)15-34(29)25(35)16-33(28(29)36)14-17-11-12-18(30)13-22(17)31/h3-13,21,32H,14-16H2,1-2H3/t21-,29-/m0/s1. The minimum atomic E-state index is -1.19. The fraction of sp³-hybridized carbons (Fsp3) is 0.241. The normalized spacial score (nSPS) is 21.2. The number of methoxy groups -OCH3 is 1. The fourth-order valence-electron chi connectivity index (χ4n) is 5.89. The van der Waals surface area contributed by atoms with Gasteiger partial charge in [0.2, 0.25) is 5.91 Å². The van der Waals surface area contributed by atoms with Gasteiger partial charge in [-0.15, -0.1) is 0 Å². The summed E-state index contributed by atoms with van der Waals surface area (Å²) >= 11 is 12.5. The molecule has 4 aromatic rings. The van der Waals surface area contributed by atoms with Crippen LogP contribution in [0.5, 0.6) is 5.75 Å². The van der Waals surface area contributed by atoms with E-state index in [1.165, 1.54) is 0 Å². The molecule has 0 saturated carbocycles. The maximum Gasteiger partial charge on any atom is 0.255 e. The molecule has 1 fully saturated rings. The molecule has 1 aromatic heterocycles. The maximum atomic E-state index is 14.2. The zero-order valence-corrected chi connectivity index (χ0v) is 21.9. The molecule has 0 radical (unpaired) electrons. The largest absolute Gasteiger partial charge is 0.496 e. The first-order valence-corrected chi connectivity index (χ1v) is 12.9. The molecule has 1 saturated heterocycles. The lowest BCUT2D eigenvalue weighted by atomic mass is 9.76. The topological polar surface area (TPSA) is 65.6 Å². The molecule has 3 heterocycles. The number of hydrogen-bond donors (Lipinski definition) is 1. The Balaban J connectivity index is 1.51. The third-order valence-electron chi connectivity index (χ3n) is 7.71. The number of para-hydroxylation sites is 2. The average Bonchev–Trinajstić information content (AvgIpc) is 3.29. The third kappa shape index (κ3) is 3.62. The van der Waals surface area contributed by atoms with Gasteiger partial charge in [0, 0.05) is 45.5 Å². The number of piperazine rings is 1. The van der Waals surface area contributed by atoms with Crippen LogP contribution in [0.4, 0.5) is 0 Å². The summed E-state index contributed by atoms with van der Waals surface area (Å²) < 4.78 is 5.70. The number of amides is 2. The van der Waals surface area contributed by atoms with E-state index in [-0.39, 0.29) is 30.8 Å². The van der Waals surface area contributed by atoms with Crippen molar-refractivity contribution in [1.29, 1.82) is 0 Å². The molecule has 188 valence electrons. The molecule has 6 nitrogen and oxygen atoms in total. The molecule has 2 atom stereocenters. The van der Waals surface area contributed by atoms with Gasteiger partial charge in [-0.2, -0.15) is 0 Å². The van der Waals surface area contributed by atoms with Crippen LogP contribution in [0, 0.1) is 0 Å². The summed E-state index contributed by atoms with van der Waals surface area (Å²) in [5.74, 6) is 0.326. The summed E-state index contributed by atoms with van der Waals surface area (Å²) in [4.78, 5) is 34.8. The molecular formula is C29H25Cl2N3O3. The lowest BCUT2D eigenvalue weighted by Gasteiger charge is -2.51. The molecular weight excluding hydrogens is 509 g/mol. The average molecular weight is 534 g/mol. The Morgan fingerprint density at radius 3 is 2.59 bits per heavy atom. The summed E-state index contributed by atoms with van der Waals surface area (Å²) in [6, 6.07) is 21.1. The summed E-state index contributed by atoms with van der Waals surface area (Å²) in [6.45, 7) is 2.40. The lowest BCUT2D eigenvalue weighted by molar-refractivity contribution is -0.166. The van der Waals surface area contributed by atoms with E-state index in [1.807, 2.05) is 49.4 Å². The molecule has 1 N–H and O–H groups in total. The van der Waals surface area contributed by atoms with E-state index in [0.717, 1.165) is 39.0 Å². The molecule has 3 aromatic carbocycles. The molecule has 0 unspecified atom stereocenters. The van der Waals surface area contributed by atoms with Crippen molar-refractivity contribution in [2.75, 3.05) is 20.2 Å². The number of carbonyl (C=O) groups is 2. The van der Waals surface area contributed by atoms with Gasteiger partial charge in [-0.05, 0) is 42.3 Å². The minimum Gasteiger partial charge on any atom is -0.496 e. The predicted molar refractivity (Wildman–Crippen MR) is 144 cm³/mol. The number of aromatic nitrogens is 1. The number of halogens is 2. The third-order valence-corrected chi connectivity index (χ3v) is 8.29. The summed E-state index contributed by atoms with van der Waals surface area (Å²) in [7, 11) is 1.65. The van der Waals surface area contributed by atoms with E-state index < -0.39 is 5.54 Å². The van der Waals surface area contributed by atoms with Gasteiger partial charge in [-0.1, -0.05) is 65.7 Å². The van der Waals surface area contributed by atoms with Crippen molar-refractivity contribution < 1.29 is 14.3 Å². The number of benzene rings is 3. The van der Waals surface area contributed by atoms with Gasteiger partial charge in [0.1, 0.15) is 12.3 Å². The first kappa shape index (κ1) is 23.9. The van der Waals surface area contributed by atoms with Crippen LogP contribution in [-0.4, -0.2) is 46.8 Å². The van der Waals surface area contributed by atoms with Crippen LogP contribution in [0.3, 0.4) is 0 Å². The quantitative estimate of drug-likeness (QED) is 0.365. The number of carbonyl (C=O) groups excluding carboxylic acids is 2.